The molecule has 1 N–H and O–H groups in total. The molecular weight excluding hydrogens is 360 g/mol. The number of aryl methyl sites for hydroxylation is 1. The molecule has 5 heteroatoms. The number of nitrogens with zero attached hydrogens (tertiary/aromatic N) is 3. The molecule has 150 valence electrons. The van der Waals surface area contributed by atoms with Crippen LogP contribution in [0.25, 0.3) is 11.0 Å². The normalized spacial score (nSPS) is 25.2. The van der Waals surface area contributed by atoms with E-state index in [0.29, 0.717) is 5.56 Å². The number of rotatable bonds is 4. The van der Waals surface area contributed by atoms with Crippen LogP contribution in [0.15, 0.2) is 54.9 Å². The van der Waals surface area contributed by atoms with Gasteiger partial charge in [0.05, 0.1) is 29.0 Å². The number of para-hydroxylation sites is 1. The van der Waals surface area contributed by atoms with Gasteiger partial charge >= 0.3 is 0 Å². The number of nitrogens with one attached hydrogen (secondary N) is 1. The molecule has 1 saturated carbocycles. The number of hydrogen-bond donors (Lipinski definition) is 1. The highest BCUT2D eigenvalue weighted by molar-refractivity contribution is 6.05. The van der Waals surface area contributed by atoms with Crippen molar-refractivity contribution in [1.29, 1.82) is 0 Å². The fourth-order valence-electron chi connectivity index (χ4n) is 5.60. The van der Waals surface area contributed by atoms with Crippen molar-refractivity contribution in [3.8, 4) is 0 Å². The Hall–Kier alpha value is -2.66. The first kappa shape index (κ1) is 18.4. The van der Waals surface area contributed by atoms with Gasteiger partial charge in [-0.3, -0.25) is 9.69 Å². The van der Waals surface area contributed by atoms with Gasteiger partial charge in [0.1, 0.15) is 0 Å². The molecule has 3 heterocycles. The van der Waals surface area contributed by atoms with E-state index < -0.39 is 0 Å². The van der Waals surface area contributed by atoms with Gasteiger partial charge in [-0.25, -0.2) is 4.98 Å². The largest absolute Gasteiger partial charge is 0.343 e. The summed E-state index contributed by atoms with van der Waals surface area (Å²) in [5, 5.41) is 3.45. The van der Waals surface area contributed by atoms with Gasteiger partial charge in [-0.2, -0.15) is 0 Å². The van der Waals surface area contributed by atoms with Crippen LogP contribution in [0, 0.1) is 5.92 Å². The summed E-state index contributed by atoms with van der Waals surface area (Å²) in [7, 11) is 4.17. The van der Waals surface area contributed by atoms with Crippen molar-refractivity contribution >= 4 is 16.9 Å². The first-order valence-corrected chi connectivity index (χ1v) is 10.6. The fourth-order valence-corrected chi connectivity index (χ4v) is 5.60. The van der Waals surface area contributed by atoms with E-state index in [1.54, 1.807) is 6.33 Å². The van der Waals surface area contributed by atoms with Crippen LogP contribution < -0.4 is 5.32 Å². The summed E-state index contributed by atoms with van der Waals surface area (Å²) in [6, 6.07) is 16.2. The van der Waals surface area contributed by atoms with Gasteiger partial charge in [-0.05, 0) is 56.3 Å². The lowest BCUT2D eigenvalue weighted by molar-refractivity contribution is -0.0404. The molecule has 29 heavy (non-hydrogen) atoms. The second-order valence-electron chi connectivity index (χ2n) is 8.77. The lowest BCUT2D eigenvalue weighted by Gasteiger charge is -2.57. The van der Waals surface area contributed by atoms with Crippen molar-refractivity contribution in [3.63, 3.8) is 0 Å². The number of aromatic nitrogens is 2. The second-order valence-corrected chi connectivity index (χ2v) is 8.77. The van der Waals surface area contributed by atoms with E-state index in [1.165, 1.54) is 18.4 Å². The van der Waals surface area contributed by atoms with Crippen LogP contribution in [0.3, 0.4) is 0 Å². The van der Waals surface area contributed by atoms with Gasteiger partial charge in [-0.1, -0.05) is 36.4 Å². The van der Waals surface area contributed by atoms with Crippen molar-refractivity contribution in [3.05, 3.63) is 66.0 Å². The van der Waals surface area contributed by atoms with E-state index in [9.17, 15) is 4.79 Å². The van der Waals surface area contributed by atoms with E-state index in [0.717, 1.165) is 36.3 Å². The maximum Gasteiger partial charge on any atom is 0.254 e. The number of imidazole rings is 1. The highest BCUT2D eigenvalue weighted by Crippen LogP contribution is 2.49. The zero-order valence-electron chi connectivity index (χ0n) is 17.1. The Balaban J connectivity index is 1.55. The molecule has 1 aliphatic carbocycles. The predicted molar refractivity (Wildman–Crippen MR) is 115 cm³/mol. The fraction of sp³-hybridized carbons (Fsp3) is 0.417. The molecular formula is C24H28N4O. The van der Waals surface area contributed by atoms with Gasteiger partial charge < -0.3 is 9.88 Å². The lowest BCUT2D eigenvalue weighted by Crippen LogP contribution is -2.62. The Labute approximate surface area is 171 Å². The molecule has 6 rings (SSSR count). The number of benzene rings is 2. The number of carbonyl (C=O) groups is 1. The molecule has 2 bridgehead atoms. The molecule has 2 aromatic carbocycles. The first-order chi connectivity index (χ1) is 14.1. The van der Waals surface area contributed by atoms with Crippen LogP contribution >= 0.6 is 0 Å². The van der Waals surface area contributed by atoms with Crippen LogP contribution in [0.5, 0.6) is 0 Å². The van der Waals surface area contributed by atoms with Gasteiger partial charge in [-0.15, -0.1) is 0 Å². The molecule has 1 atom stereocenters. The van der Waals surface area contributed by atoms with Crippen molar-refractivity contribution in [2.45, 2.75) is 37.3 Å². The van der Waals surface area contributed by atoms with Crippen LogP contribution in [0.1, 0.15) is 47.6 Å². The SMILES string of the molecule is CN1CC2CCC1(C(NC(=O)c1cccc3ncn(C)c13)c1ccccc1)CC2. The van der Waals surface area contributed by atoms with Crippen LogP contribution in [0.4, 0.5) is 0 Å². The summed E-state index contributed by atoms with van der Waals surface area (Å²) >= 11 is 0. The number of carbonyl (C=O) groups excluding carboxylic acids is 1. The first-order valence-electron chi connectivity index (χ1n) is 10.6. The molecule has 1 unspecified atom stereocenters. The second kappa shape index (κ2) is 6.99. The minimum atomic E-state index is -0.0362. The monoisotopic (exact) mass is 388 g/mol. The smallest absolute Gasteiger partial charge is 0.254 e. The van der Waals surface area contributed by atoms with Crippen molar-refractivity contribution in [2.24, 2.45) is 13.0 Å². The Kier molecular flexibility index (Phi) is 4.43. The molecule has 3 aliphatic rings. The lowest BCUT2D eigenvalue weighted by atomic mass is 9.66. The summed E-state index contributed by atoms with van der Waals surface area (Å²) in [5.74, 6) is 0.778. The Morgan fingerprint density at radius 1 is 1.10 bits per heavy atom. The summed E-state index contributed by atoms with van der Waals surface area (Å²) in [6.45, 7) is 1.12. The Morgan fingerprint density at radius 2 is 1.86 bits per heavy atom. The van der Waals surface area contributed by atoms with E-state index in [2.05, 4.69) is 46.5 Å². The molecule has 1 amide bonds. The maximum atomic E-state index is 13.5. The molecule has 5 nitrogen and oxygen atoms in total. The molecule has 3 fully saturated rings. The van der Waals surface area contributed by atoms with Crippen molar-refractivity contribution < 1.29 is 4.79 Å². The van der Waals surface area contributed by atoms with Gasteiger partial charge in [0.15, 0.2) is 0 Å². The van der Waals surface area contributed by atoms with Gasteiger partial charge in [0.25, 0.3) is 5.91 Å². The number of hydrogen-bond acceptors (Lipinski definition) is 3. The molecule has 0 radical (unpaired) electrons. The molecule has 3 aromatic rings. The topological polar surface area (TPSA) is 50.2 Å². The minimum Gasteiger partial charge on any atom is -0.343 e. The standard InChI is InChI=1S/C24H28N4O/c1-27-16-25-20-10-6-9-19(21(20)27)23(29)26-22(18-7-4-3-5-8-18)24-13-11-17(12-14-24)15-28(24)2/h3-10,16-17,22H,11-15H2,1-2H3,(H,26,29). The maximum absolute atomic E-state index is 13.5. The van der Waals surface area contributed by atoms with E-state index in [-0.39, 0.29) is 17.5 Å². The van der Waals surface area contributed by atoms with E-state index in [4.69, 9.17) is 0 Å². The van der Waals surface area contributed by atoms with E-state index in [1.807, 2.05) is 35.9 Å². The number of piperidine rings is 2. The van der Waals surface area contributed by atoms with Crippen molar-refractivity contribution in [1.82, 2.24) is 19.8 Å². The van der Waals surface area contributed by atoms with Crippen molar-refractivity contribution in [2.75, 3.05) is 13.6 Å². The molecule has 0 spiro atoms. The Bertz CT molecular complexity index is 1030. The molecule has 1 aromatic heterocycles. The summed E-state index contributed by atoms with van der Waals surface area (Å²) in [6.07, 6.45) is 6.53. The molecule has 2 saturated heterocycles. The van der Waals surface area contributed by atoms with Crippen LogP contribution in [-0.2, 0) is 7.05 Å². The quantitative estimate of drug-likeness (QED) is 0.737. The molecule has 2 aliphatic heterocycles. The highest BCUT2D eigenvalue weighted by atomic mass is 16.1. The summed E-state index contributed by atoms with van der Waals surface area (Å²) in [5.41, 5.74) is 3.59. The number of fused-ring (bicyclic) bond motifs is 4. The third-order valence-electron chi connectivity index (χ3n) is 7.19. The highest BCUT2D eigenvalue weighted by Gasteiger charge is 2.50. The Morgan fingerprint density at radius 3 is 2.59 bits per heavy atom. The zero-order chi connectivity index (χ0) is 20.0. The summed E-state index contributed by atoms with van der Waals surface area (Å²) < 4.78 is 1.93. The van der Waals surface area contributed by atoms with Crippen LogP contribution in [-0.4, -0.2) is 39.5 Å². The third kappa shape index (κ3) is 2.96. The number of likely N-dealkylation sites (N-methyl/N-ethyl adjacent to an activating group) is 1. The van der Waals surface area contributed by atoms with Gasteiger partial charge in [0.2, 0.25) is 0 Å². The predicted octanol–water partition coefficient (Wildman–Crippen LogP) is 3.92. The zero-order valence-corrected chi connectivity index (χ0v) is 17.1. The third-order valence-corrected chi connectivity index (χ3v) is 7.19. The van der Waals surface area contributed by atoms with E-state index >= 15 is 0 Å². The summed E-state index contributed by atoms with van der Waals surface area (Å²) in [4.78, 5) is 20.5. The minimum absolute atomic E-state index is 0.0217. The van der Waals surface area contributed by atoms with Gasteiger partial charge in [0, 0.05) is 19.1 Å². The average molecular weight is 389 g/mol. The average Bonchev–Trinajstić information content (AvgIpc) is 3.14. The van der Waals surface area contributed by atoms with Crippen LogP contribution in [0.2, 0.25) is 0 Å². The number of amides is 1.